The number of ether oxygens (including phenoxy) is 1. The van der Waals surface area contributed by atoms with Crippen molar-refractivity contribution in [3.63, 3.8) is 0 Å². The van der Waals surface area contributed by atoms with Crippen molar-refractivity contribution in [1.82, 2.24) is 10.2 Å². The molecule has 4 nitrogen and oxygen atoms in total. The van der Waals surface area contributed by atoms with E-state index in [2.05, 4.69) is 24.1 Å². The molecule has 3 atom stereocenters. The second-order valence-corrected chi connectivity index (χ2v) is 6.71. The molecule has 1 N–H and O–H groups in total. The highest BCUT2D eigenvalue weighted by atomic mass is 16.5. The van der Waals surface area contributed by atoms with Crippen LogP contribution < -0.4 is 5.32 Å². The summed E-state index contributed by atoms with van der Waals surface area (Å²) in [5.74, 6) is 0.423. The van der Waals surface area contributed by atoms with Crippen LogP contribution in [-0.2, 0) is 9.53 Å². The van der Waals surface area contributed by atoms with E-state index in [0.29, 0.717) is 12.1 Å². The topological polar surface area (TPSA) is 41.6 Å². The summed E-state index contributed by atoms with van der Waals surface area (Å²) >= 11 is 0. The summed E-state index contributed by atoms with van der Waals surface area (Å²) in [5.41, 5.74) is 0. The Bertz CT molecular complexity index is 316. The number of unbranched alkanes of at least 4 members (excludes halogenated alkanes) is 1. The molecule has 4 heteroatoms. The smallest absolute Gasteiger partial charge is 0.224 e. The highest BCUT2D eigenvalue weighted by molar-refractivity contribution is 5.78. The van der Waals surface area contributed by atoms with E-state index in [4.69, 9.17) is 4.74 Å². The Morgan fingerprint density at radius 1 is 1.29 bits per heavy atom. The van der Waals surface area contributed by atoms with Gasteiger partial charge in [-0.3, -0.25) is 9.69 Å². The van der Waals surface area contributed by atoms with Crippen molar-refractivity contribution in [2.24, 2.45) is 5.92 Å². The molecular formula is C17H32N2O2. The average molecular weight is 296 g/mol. The van der Waals surface area contributed by atoms with Crippen molar-refractivity contribution in [2.45, 2.75) is 70.9 Å². The standard InChI is InChI=1S/C17H32N2O2/c1-3-4-10-18-17(20)15-9-8-14(2)19(12-15)13-16-7-5-6-11-21-16/h14-16H,3-13H2,1-2H3,(H,18,20). The summed E-state index contributed by atoms with van der Waals surface area (Å²) in [6.07, 6.45) is 8.41. The number of nitrogens with zero attached hydrogens (tertiary/aromatic N) is 1. The number of nitrogens with one attached hydrogen (secondary N) is 1. The minimum atomic E-state index is 0.168. The molecule has 2 saturated heterocycles. The van der Waals surface area contributed by atoms with E-state index in [9.17, 15) is 4.79 Å². The molecule has 21 heavy (non-hydrogen) atoms. The Labute approximate surface area is 129 Å². The summed E-state index contributed by atoms with van der Waals surface area (Å²) in [6, 6.07) is 0.579. The van der Waals surface area contributed by atoms with Crippen LogP contribution in [0.15, 0.2) is 0 Å². The van der Waals surface area contributed by atoms with Gasteiger partial charge < -0.3 is 10.1 Å². The first kappa shape index (κ1) is 16.8. The van der Waals surface area contributed by atoms with E-state index >= 15 is 0 Å². The van der Waals surface area contributed by atoms with Gasteiger partial charge in [0, 0.05) is 32.3 Å². The molecule has 3 unspecified atom stereocenters. The fraction of sp³-hybridized carbons (Fsp3) is 0.941. The number of carbonyl (C=O) groups is 1. The van der Waals surface area contributed by atoms with Crippen LogP contribution in [0.25, 0.3) is 0 Å². The van der Waals surface area contributed by atoms with Crippen LogP contribution in [0.1, 0.15) is 58.8 Å². The fourth-order valence-corrected chi connectivity index (χ4v) is 3.39. The molecule has 2 heterocycles. The third kappa shape index (κ3) is 5.26. The van der Waals surface area contributed by atoms with Gasteiger partial charge in [0.05, 0.1) is 12.0 Å². The van der Waals surface area contributed by atoms with Crippen molar-refractivity contribution in [3.8, 4) is 0 Å². The van der Waals surface area contributed by atoms with Gasteiger partial charge >= 0.3 is 0 Å². The first-order valence-corrected chi connectivity index (χ1v) is 8.84. The predicted octanol–water partition coefficient (Wildman–Crippen LogP) is 2.57. The molecule has 0 aromatic heterocycles. The number of piperidine rings is 1. The second-order valence-electron chi connectivity index (χ2n) is 6.71. The molecule has 2 aliphatic heterocycles. The van der Waals surface area contributed by atoms with Crippen molar-refractivity contribution in [2.75, 3.05) is 26.2 Å². The van der Waals surface area contributed by atoms with Crippen LogP contribution in [-0.4, -0.2) is 49.2 Å². The lowest BCUT2D eigenvalue weighted by Crippen LogP contribution is -2.50. The summed E-state index contributed by atoms with van der Waals surface area (Å²) in [6.45, 7) is 8.08. The summed E-state index contributed by atoms with van der Waals surface area (Å²) in [5, 5.41) is 3.10. The van der Waals surface area contributed by atoms with Gasteiger partial charge in [0.1, 0.15) is 0 Å². The Morgan fingerprint density at radius 3 is 2.86 bits per heavy atom. The Morgan fingerprint density at radius 2 is 2.14 bits per heavy atom. The minimum absolute atomic E-state index is 0.168. The van der Waals surface area contributed by atoms with Crippen LogP contribution in [0.2, 0.25) is 0 Å². The molecule has 0 aliphatic carbocycles. The number of hydrogen-bond donors (Lipinski definition) is 1. The maximum absolute atomic E-state index is 12.2. The largest absolute Gasteiger partial charge is 0.377 e. The van der Waals surface area contributed by atoms with E-state index in [1.807, 2.05) is 0 Å². The van der Waals surface area contributed by atoms with Crippen LogP contribution in [0.3, 0.4) is 0 Å². The molecule has 2 rings (SSSR count). The Hall–Kier alpha value is -0.610. The quantitative estimate of drug-likeness (QED) is 0.766. The van der Waals surface area contributed by atoms with Gasteiger partial charge in [-0.25, -0.2) is 0 Å². The van der Waals surface area contributed by atoms with Crippen molar-refractivity contribution < 1.29 is 9.53 Å². The molecule has 0 spiro atoms. The fourth-order valence-electron chi connectivity index (χ4n) is 3.39. The Balaban J connectivity index is 1.79. The first-order valence-electron chi connectivity index (χ1n) is 8.84. The highest BCUT2D eigenvalue weighted by Crippen LogP contribution is 2.24. The zero-order chi connectivity index (χ0) is 15.1. The predicted molar refractivity (Wildman–Crippen MR) is 85.3 cm³/mol. The lowest BCUT2D eigenvalue weighted by Gasteiger charge is -2.39. The molecule has 0 aromatic carbocycles. The maximum Gasteiger partial charge on any atom is 0.224 e. The minimum Gasteiger partial charge on any atom is -0.377 e. The molecule has 0 saturated carbocycles. The number of likely N-dealkylation sites (tertiary alicyclic amines) is 1. The van der Waals surface area contributed by atoms with E-state index in [-0.39, 0.29) is 11.8 Å². The molecule has 0 bridgehead atoms. The monoisotopic (exact) mass is 296 g/mol. The number of hydrogen-bond acceptors (Lipinski definition) is 3. The van der Waals surface area contributed by atoms with E-state index in [1.54, 1.807) is 0 Å². The van der Waals surface area contributed by atoms with Gasteiger partial charge in [0.2, 0.25) is 5.91 Å². The van der Waals surface area contributed by atoms with Crippen LogP contribution in [0, 0.1) is 5.92 Å². The summed E-state index contributed by atoms with van der Waals surface area (Å²) in [4.78, 5) is 14.7. The van der Waals surface area contributed by atoms with Gasteiger partial charge in [-0.05, 0) is 45.4 Å². The third-order valence-corrected chi connectivity index (χ3v) is 4.92. The molecule has 122 valence electrons. The summed E-state index contributed by atoms with van der Waals surface area (Å²) in [7, 11) is 0. The lowest BCUT2D eigenvalue weighted by atomic mass is 9.92. The SMILES string of the molecule is CCCCNC(=O)C1CCC(C)N(CC2CCCCO2)C1. The van der Waals surface area contributed by atoms with Crippen LogP contribution >= 0.6 is 0 Å². The molecule has 1 amide bonds. The van der Waals surface area contributed by atoms with E-state index in [0.717, 1.165) is 51.9 Å². The lowest BCUT2D eigenvalue weighted by molar-refractivity contribution is -0.127. The zero-order valence-corrected chi connectivity index (χ0v) is 13.8. The molecule has 0 radical (unpaired) electrons. The number of carbonyl (C=O) groups excluding carboxylic acids is 1. The maximum atomic E-state index is 12.2. The van der Waals surface area contributed by atoms with Crippen molar-refractivity contribution in [1.29, 1.82) is 0 Å². The molecule has 2 aliphatic rings. The van der Waals surface area contributed by atoms with Gasteiger partial charge in [-0.15, -0.1) is 0 Å². The van der Waals surface area contributed by atoms with Gasteiger partial charge in [0.15, 0.2) is 0 Å². The molecule has 2 fully saturated rings. The average Bonchev–Trinajstić information content (AvgIpc) is 2.50. The van der Waals surface area contributed by atoms with Crippen molar-refractivity contribution in [3.05, 3.63) is 0 Å². The normalized spacial score (nSPS) is 31.0. The Kier molecular flexibility index (Phi) is 6.97. The van der Waals surface area contributed by atoms with E-state index < -0.39 is 0 Å². The van der Waals surface area contributed by atoms with Crippen molar-refractivity contribution >= 4 is 5.91 Å². The summed E-state index contributed by atoms with van der Waals surface area (Å²) < 4.78 is 5.86. The number of amides is 1. The first-order chi connectivity index (χ1) is 10.2. The van der Waals surface area contributed by atoms with E-state index in [1.165, 1.54) is 19.3 Å². The second kappa shape index (κ2) is 8.74. The van der Waals surface area contributed by atoms with Gasteiger partial charge in [-0.1, -0.05) is 13.3 Å². The molecular weight excluding hydrogens is 264 g/mol. The van der Waals surface area contributed by atoms with Crippen LogP contribution in [0.4, 0.5) is 0 Å². The van der Waals surface area contributed by atoms with Crippen LogP contribution in [0.5, 0.6) is 0 Å². The van der Waals surface area contributed by atoms with Gasteiger partial charge in [-0.2, -0.15) is 0 Å². The van der Waals surface area contributed by atoms with Gasteiger partial charge in [0.25, 0.3) is 0 Å². The zero-order valence-electron chi connectivity index (χ0n) is 13.8. The highest BCUT2D eigenvalue weighted by Gasteiger charge is 2.31. The molecule has 0 aromatic rings. The number of rotatable bonds is 6. The third-order valence-electron chi connectivity index (χ3n) is 4.92.